The standard InChI is InChI=1S/C15H16N2O4/c1-8-12(15(19)21-9(2)14(16)18)6-10-4-5-11(20-3)7-13(10)17-8/h4-7,9H,1-3H3,(H2,16,18)/t9-/m0/s1. The smallest absolute Gasteiger partial charge is 0.340 e. The molecule has 6 nitrogen and oxygen atoms in total. The first-order valence-electron chi connectivity index (χ1n) is 6.38. The summed E-state index contributed by atoms with van der Waals surface area (Å²) >= 11 is 0. The topological polar surface area (TPSA) is 91.5 Å². The van der Waals surface area contributed by atoms with Gasteiger partial charge in [0.2, 0.25) is 0 Å². The van der Waals surface area contributed by atoms with Crippen molar-refractivity contribution in [1.29, 1.82) is 0 Å². The van der Waals surface area contributed by atoms with E-state index in [2.05, 4.69) is 4.98 Å². The van der Waals surface area contributed by atoms with Gasteiger partial charge in [-0.05, 0) is 32.0 Å². The Morgan fingerprint density at radius 1 is 1.29 bits per heavy atom. The average Bonchev–Trinajstić information content (AvgIpc) is 2.45. The van der Waals surface area contributed by atoms with E-state index < -0.39 is 18.0 Å². The van der Waals surface area contributed by atoms with Gasteiger partial charge in [0.15, 0.2) is 6.10 Å². The number of nitrogens with two attached hydrogens (primary N) is 1. The van der Waals surface area contributed by atoms with E-state index in [1.54, 1.807) is 38.3 Å². The lowest BCUT2D eigenvalue weighted by Gasteiger charge is -2.11. The van der Waals surface area contributed by atoms with Crippen LogP contribution in [-0.2, 0) is 9.53 Å². The van der Waals surface area contributed by atoms with Gasteiger partial charge in [0.05, 0.1) is 23.9 Å². The van der Waals surface area contributed by atoms with Crippen LogP contribution in [0.5, 0.6) is 5.75 Å². The predicted octanol–water partition coefficient (Wildman–Crippen LogP) is 1.58. The molecule has 1 aromatic carbocycles. The average molecular weight is 288 g/mol. The van der Waals surface area contributed by atoms with Gasteiger partial charge < -0.3 is 15.2 Å². The molecule has 1 atom stereocenters. The molecule has 0 aliphatic heterocycles. The number of fused-ring (bicyclic) bond motifs is 1. The van der Waals surface area contributed by atoms with Crippen molar-refractivity contribution in [3.8, 4) is 5.75 Å². The molecule has 0 saturated heterocycles. The molecule has 6 heteroatoms. The molecule has 0 aliphatic carbocycles. The zero-order chi connectivity index (χ0) is 15.6. The third kappa shape index (κ3) is 3.10. The number of nitrogens with zero attached hydrogens (tertiary/aromatic N) is 1. The van der Waals surface area contributed by atoms with Crippen LogP contribution in [0, 0.1) is 6.92 Å². The van der Waals surface area contributed by atoms with Crippen molar-refractivity contribution in [2.24, 2.45) is 5.73 Å². The maximum absolute atomic E-state index is 12.1. The van der Waals surface area contributed by atoms with Crippen LogP contribution in [0.3, 0.4) is 0 Å². The number of esters is 1. The second-order valence-corrected chi connectivity index (χ2v) is 4.63. The minimum Gasteiger partial charge on any atom is -0.497 e. The Bertz CT molecular complexity index is 712. The van der Waals surface area contributed by atoms with Gasteiger partial charge in [-0.3, -0.25) is 9.78 Å². The minimum absolute atomic E-state index is 0.306. The molecule has 0 saturated carbocycles. The molecule has 1 heterocycles. The Morgan fingerprint density at radius 3 is 2.62 bits per heavy atom. The predicted molar refractivity (Wildman–Crippen MR) is 77.1 cm³/mol. The van der Waals surface area contributed by atoms with E-state index in [1.165, 1.54) is 6.92 Å². The molecule has 0 spiro atoms. The lowest BCUT2D eigenvalue weighted by atomic mass is 10.1. The summed E-state index contributed by atoms with van der Waals surface area (Å²) in [6, 6.07) is 7.03. The third-order valence-corrected chi connectivity index (χ3v) is 3.12. The summed E-state index contributed by atoms with van der Waals surface area (Å²) in [5.74, 6) is -0.629. The number of rotatable bonds is 4. The van der Waals surface area contributed by atoms with E-state index in [0.29, 0.717) is 22.5 Å². The number of ether oxygens (including phenoxy) is 2. The maximum atomic E-state index is 12.1. The number of methoxy groups -OCH3 is 1. The first kappa shape index (κ1) is 14.8. The Hall–Kier alpha value is -2.63. The molecular formula is C15H16N2O4. The second-order valence-electron chi connectivity index (χ2n) is 4.63. The fourth-order valence-electron chi connectivity index (χ4n) is 1.86. The maximum Gasteiger partial charge on any atom is 0.340 e. The van der Waals surface area contributed by atoms with Gasteiger partial charge in [-0.15, -0.1) is 0 Å². The number of aromatic nitrogens is 1. The van der Waals surface area contributed by atoms with Gasteiger partial charge in [0.1, 0.15) is 5.75 Å². The summed E-state index contributed by atoms with van der Waals surface area (Å²) in [6.07, 6.45) is -0.983. The number of pyridine rings is 1. The van der Waals surface area contributed by atoms with Gasteiger partial charge in [-0.2, -0.15) is 0 Å². The van der Waals surface area contributed by atoms with Crippen molar-refractivity contribution in [2.75, 3.05) is 7.11 Å². The van der Waals surface area contributed by atoms with Crippen LogP contribution in [0.1, 0.15) is 23.0 Å². The number of benzene rings is 1. The number of hydrogen-bond acceptors (Lipinski definition) is 5. The van der Waals surface area contributed by atoms with Crippen LogP contribution in [0.4, 0.5) is 0 Å². The van der Waals surface area contributed by atoms with Crippen LogP contribution < -0.4 is 10.5 Å². The van der Waals surface area contributed by atoms with E-state index in [4.69, 9.17) is 15.2 Å². The van der Waals surface area contributed by atoms with Crippen molar-refractivity contribution in [1.82, 2.24) is 4.98 Å². The van der Waals surface area contributed by atoms with E-state index in [9.17, 15) is 9.59 Å². The zero-order valence-corrected chi connectivity index (χ0v) is 12.0. The van der Waals surface area contributed by atoms with E-state index in [1.807, 2.05) is 0 Å². The molecular weight excluding hydrogens is 272 g/mol. The highest BCUT2D eigenvalue weighted by Gasteiger charge is 2.19. The first-order valence-corrected chi connectivity index (χ1v) is 6.38. The molecule has 0 radical (unpaired) electrons. The van der Waals surface area contributed by atoms with Gasteiger partial charge in [-0.25, -0.2) is 4.79 Å². The Morgan fingerprint density at radius 2 is 2.00 bits per heavy atom. The summed E-state index contributed by atoms with van der Waals surface area (Å²) in [4.78, 5) is 27.4. The first-order chi connectivity index (χ1) is 9.92. The van der Waals surface area contributed by atoms with Gasteiger partial charge in [0.25, 0.3) is 5.91 Å². The minimum atomic E-state index is -0.983. The molecule has 0 unspecified atom stereocenters. The highest BCUT2D eigenvalue weighted by atomic mass is 16.5. The SMILES string of the molecule is COc1ccc2cc(C(=O)O[C@@H](C)C(N)=O)c(C)nc2c1. The highest BCUT2D eigenvalue weighted by molar-refractivity contribution is 5.96. The van der Waals surface area contributed by atoms with Crippen molar-refractivity contribution in [3.05, 3.63) is 35.5 Å². The molecule has 110 valence electrons. The molecule has 21 heavy (non-hydrogen) atoms. The fraction of sp³-hybridized carbons (Fsp3) is 0.267. The van der Waals surface area contributed by atoms with Gasteiger partial charge >= 0.3 is 5.97 Å². The lowest BCUT2D eigenvalue weighted by Crippen LogP contribution is -2.30. The number of carbonyl (C=O) groups excluding carboxylic acids is 2. The van der Waals surface area contributed by atoms with E-state index >= 15 is 0 Å². The van der Waals surface area contributed by atoms with Gasteiger partial charge in [0, 0.05) is 11.5 Å². The molecule has 1 aromatic heterocycles. The normalized spacial score (nSPS) is 12.0. The molecule has 2 rings (SSSR count). The lowest BCUT2D eigenvalue weighted by molar-refractivity contribution is -0.125. The molecule has 1 amide bonds. The van der Waals surface area contributed by atoms with Crippen LogP contribution in [0.2, 0.25) is 0 Å². The van der Waals surface area contributed by atoms with Crippen molar-refractivity contribution in [2.45, 2.75) is 20.0 Å². The summed E-state index contributed by atoms with van der Waals surface area (Å²) in [7, 11) is 1.57. The molecule has 0 aliphatic rings. The summed E-state index contributed by atoms with van der Waals surface area (Å²) in [6.45, 7) is 3.12. The second kappa shape index (κ2) is 5.78. The number of hydrogen-bond donors (Lipinski definition) is 1. The Kier molecular flexibility index (Phi) is 4.07. The number of amides is 1. The molecule has 2 N–H and O–H groups in total. The Balaban J connectivity index is 2.38. The largest absolute Gasteiger partial charge is 0.497 e. The summed E-state index contributed by atoms with van der Waals surface area (Å²) in [5, 5.41) is 0.778. The number of aryl methyl sites for hydroxylation is 1. The fourth-order valence-corrected chi connectivity index (χ4v) is 1.86. The molecule has 0 bridgehead atoms. The monoisotopic (exact) mass is 288 g/mol. The summed E-state index contributed by atoms with van der Waals surface area (Å²) in [5.41, 5.74) is 6.61. The third-order valence-electron chi connectivity index (χ3n) is 3.12. The zero-order valence-electron chi connectivity index (χ0n) is 12.0. The van der Waals surface area contributed by atoms with Crippen LogP contribution in [-0.4, -0.2) is 30.1 Å². The van der Waals surface area contributed by atoms with Crippen LogP contribution in [0.25, 0.3) is 10.9 Å². The Labute approximate surface area is 121 Å². The van der Waals surface area contributed by atoms with E-state index in [0.717, 1.165) is 5.39 Å². The number of primary amides is 1. The number of carbonyl (C=O) groups is 2. The molecule has 0 fully saturated rings. The van der Waals surface area contributed by atoms with Gasteiger partial charge in [-0.1, -0.05) is 0 Å². The van der Waals surface area contributed by atoms with Crippen molar-refractivity contribution >= 4 is 22.8 Å². The quantitative estimate of drug-likeness (QED) is 0.862. The highest BCUT2D eigenvalue weighted by Crippen LogP contribution is 2.22. The van der Waals surface area contributed by atoms with Crippen molar-refractivity contribution < 1.29 is 19.1 Å². The van der Waals surface area contributed by atoms with E-state index in [-0.39, 0.29) is 0 Å². The van der Waals surface area contributed by atoms with Crippen molar-refractivity contribution in [3.63, 3.8) is 0 Å². The summed E-state index contributed by atoms with van der Waals surface area (Å²) < 4.78 is 10.1. The van der Waals surface area contributed by atoms with Crippen LogP contribution >= 0.6 is 0 Å². The molecule has 2 aromatic rings. The van der Waals surface area contributed by atoms with Crippen LogP contribution in [0.15, 0.2) is 24.3 Å².